The summed E-state index contributed by atoms with van der Waals surface area (Å²) in [5.74, 6) is 1.85. The lowest BCUT2D eigenvalue weighted by atomic mass is 9.78. The molecular formula is C21H23N5. The molecule has 2 aliphatic rings. The van der Waals surface area contributed by atoms with Gasteiger partial charge in [0.2, 0.25) is 0 Å². The SMILES string of the molecule is c1ccc2c(N3CCC4(CCNC4)CC3)nc(-c3ccncc3)nc2c1. The van der Waals surface area contributed by atoms with Gasteiger partial charge in [-0.15, -0.1) is 0 Å². The number of aromatic nitrogens is 3. The molecule has 5 nitrogen and oxygen atoms in total. The number of nitrogens with zero attached hydrogens (tertiary/aromatic N) is 4. The van der Waals surface area contributed by atoms with Crippen molar-refractivity contribution in [1.82, 2.24) is 20.3 Å². The third-order valence-corrected chi connectivity index (χ3v) is 5.98. The quantitative estimate of drug-likeness (QED) is 0.772. The number of nitrogens with one attached hydrogen (secondary N) is 1. The molecule has 2 fully saturated rings. The Morgan fingerprint density at radius 2 is 1.73 bits per heavy atom. The topological polar surface area (TPSA) is 53.9 Å². The Balaban J connectivity index is 1.54. The highest BCUT2D eigenvalue weighted by atomic mass is 15.2. The third-order valence-electron chi connectivity index (χ3n) is 5.98. The van der Waals surface area contributed by atoms with Crippen molar-refractivity contribution in [3.63, 3.8) is 0 Å². The van der Waals surface area contributed by atoms with Crippen molar-refractivity contribution in [3.8, 4) is 11.4 Å². The van der Waals surface area contributed by atoms with Crippen LogP contribution in [0, 0.1) is 5.41 Å². The van der Waals surface area contributed by atoms with Gasteiger partial charge in [-0.1, -0.05) is 12.1 Å². The molecule has 0 bridgehead atoms. The van der Waals surface area contributed by atoms with Gasteiger partial charge in [-0.3, -0.25) is 4.98 Å². The van der Waals surface area contributed by atoms with Crippen molar-refractivity contribution in [2.45, 2.75) is 19.3 Å². The molecule has 0 saturated carbocycles. The number of hydrogen-bond acceptors (Lipinski definition) is 5. The van der Waals surface area contributed by atoms with Gasteiger partial charge in [-0.05, 0) is 55.5 Å². The lowest BCUT2D eigenvalue weighted by molar-refractivity contribution is 0.247. The van der Waals surface area contributed by atoms with Gasteiger partial charge < -0.3 is 10.2 Å². The fourth-order valence-corrected chi connectivity index (χ4v) is 4.35. The maximum absolute atomic E-state index is 4.98. The van der Waals surface area contributed by atoms with Crippen molar-refractivity contribution in [3.05, 3.63) is 48.8 Å². The first-order valence-corrected chi connectivity index (χ1v) is 9.46. The molecule has 2 aliphatic heterocycles. The molecule has 3 aromatic rings. The van der Waals surface area contributed by atoms with E-state index in [-0.39, 0.29) is 0 Å². The van der Waals surface area contributed by atoms with E-state index in [1.807, 2.05) is 18.2 Å². The van der Waals surface area contributed by atoms with Crippen molar-refractivity contribution in [2.75, 3.05) is 31.1 Å². The zero-order valence-electron chi connectivity index (χ0n) is 14.9. The fourth-order valence-electron chi connectivity index (χ4n) is 4.35. The molecule has 0 aliphatic carbocycles. The molecule has 132 valence electrons. The van der Waals surface area contributed by atoms with E-state index in [2.05, 4.69) is 33.4 Å². The second-order valence-corrected chi connectivity index (χ2v) is 7.54. The summed E-state index contributed by atoms with van der Waals surface area (Å²) in [7, 11) is 0. The minimum Gasteiger partial charge on any atom is -0.356 e. The van der Waals surface area contributed by atoms with Gasteiger partial charge in [-0.2, -0.15) is 0 Å². The van der Waals surface area contributed by atoms with Gasteiger partial charge in [0.05, 0.1) is 5.52 Å². The van der Waals surface area contributed by atoms with E-state index in [1.54, 1.807) is 12.4 Å². The Morgan fingerprint density at radius 3 is 2.50 bits per heavy atom. The van der Waals surface area contributed by atoms with Gasteiger partial charge >= 0.3 is 0 Å². The van der Waals surface area contributed by atoms with Gasteiger partial charge in [0.15, 0.2) is 5.82 Å². The predicted molar refractivity (Wildman–Crippen MR) is 104 cm³/mol. The number of para-hydroxylation sites is 1. The summed E-state index contributed by atoms with van der Waals surface area (Å²) in [6.45, 7) is 4.48. The summed E-state index contributed by atoms with van der Waals surface area (Å²) < 4.78 is 0. The Labute approximate surface area is 153 Å². The van der Waals surface area contributed by atoms with Crippen molar-refractivity contribution >= 4 is 16.7 Å². The van der Waals surface area contributed by atoms with E-state index < -0.39 is 0 Å². The molecule has 0 amide bonds. The van der Waals surface area contributed by atoms with Crippen LogP contribution in [0.2, 0.25) is 0 Å². The van der Waals surface area contributed by atoms with Gasteiger partial charge in [0, 0.05) is 43.0 Å². The van der Waals surface area contributed by atoms with Crippen LogP contribution >= 0.6 is 0 Å². The number of hydrogen-bond donors (Lipinski definition) is 1. The van der Waals surface area contributed by atoms with Crippen LogP contribution in [0.25, 0.3) is 22.3 Å². The second kappa shape index (κ2) is 6.32. The molecule has 5 heteroatoms. The lowest BCUT2D eigenvalue weighted by Crippen LogP contribution is -2.41. The minimum absolute atomic E-state index is 0.507. The van der Waals surface area contributed by atoms with Crippen LogP contribution in [0.5, 0.6) is 0 Å². The number of piperidine rings is 1. The average molecular weight is 345 g/mol. The van der Waals surface area contributed by atoms with Crippen LogP contribution in [0.15, 0.2) is 48.8 Å². The molecule has 5 rings (SSSR count). The van der Waals surface area contributed by atoms with Crippen LogP contribution in [0.4, 0.5) is 5.82 Å². The van der Waals surface area contributed by atoms with Crippen LogP contribution in [0.3, 0.4) is 0 Å². The summed E-state index contributed by atoms with van der Waals surface area (Å²) in [6.07, 6.45) is 7.38. The number of anilines is 1. The van der Waals surface area contributed by atoms with E-state index in [4.69, 9.17) is 9.97 Å². The largest absolute Gasteiger partial charge is 0.356 e. The smallest absolute Gasteiger partial charge is 0.162 e. The van der Waals surface area contributed by atoms with Gasteiger partial charge in [0.1, 0.15) is 5.82 Å². The molecular weight excluding hydrogens is 322 g/mol. The average Bonchev–Trinajstić information content (AvgIpc) is 3.16. The Kier molecular flexibility index (Phi) is 3.82. The fraction of sp³-hybridized carbons (Fsp3) is 0.381. The first-order valence-electron chi connectivity index (χ1n) is 9.46. The van der Waals surface area contributed by atoms with Crippen LogP contribution in [0.1, 0.15) is 19.3 Å². The molecule has 1 spiro atoms. The highest BCUT2D eigenvalue weighted by molar-refractivity contribution is 5.91. The van der Waals surface area contributed by atoms with E-state index >= 15 is 0 Å². The van der Waals surface area contributed by atoms with Crippen LogP contribution in [-0.2, 0) is 0 Å². The molecule has 26 heavy (non-hydrogen) atoms. The Bertz CT molecular complexity index is 908. The molecule has 1 N–H and O–H groups in total. The van der Waals surface area contributed by atoms with E-state index in [0.717, 1.165) is 41.2 Å². The van der Waals surface area contributed by atoms with Gasteiger partial charge in [0.25, 0.3) is 0 Å². The van der Waals surface area contributed by atoms with Crippen LogP contribution < -0.4 is 10.2 Å². The summed E-state index contributed by atoms with van der Waals surface area (Å²) in [5, 5.41) is 4.69. The molecule has 0 unspecified atom stereocenters. The third kappa shape index (κ3) is 2.72. The summed E-state index contributed by atoms with van der Waals surface area (Å²) in [5.41, 5.74) is 2.53. The zero-order chi connectivity index (χ0) is 17.4. The standard InChI is InChI=1S/C21H23N5/c1-2-4-18-17(3-1)20(25-19(24-18)16-5-10-22-11-6-16)26-13-8-21(9-14-26)7-12-23-15-21/h1-6,10-11,23H,7-9,12-15H2. The van der Waals surface area contributed by atoms with Crippen LogP contribution in [-0.4, -0.2) is 41.1 Å². The number of pyridine rings is 1. The van der Waals surface area contributed by atoms with E-state index in [9.17, 15) is 0 Å². The number of benzene rings is 1. The van der Waals surface area contributed by atoms with E-state index in [1.165, 1.54) is 32.4 Å². The zero-order valence-corrected chi connectivity index (χ0v) is 14.9. The molecule has 4 heterocycles. The van der Waals surface area contributed by atoms with Crippen molar-refractivity contribution in [2.24, 2.45) is 5.41 Å². The maximum atomic E-state index is 4.98. The van der Waals surface area contributed by atoms with E-state index in [0.29, 0.717) is 5.41 Å². The highest BCUT2D eigenvalue weighted by Gasteiger charge is 2.37. The Hall–Kier alpha value is -2.53. The highest BCUT2D eigenvalue weighted by Crippen LogP contribution is 2.39. The first-order chi connectivity index (χ1) is 12.8. The molecule has 2 aromatic heterocycles. The Morgan fingerprint density at radius 1 is 0.923 bits per heavy atom. The molecule has 2 saturated heterocycles. The monoisotopic (exact) mass is 345 g/mol. The number of fused-ring (bicyclic) bond motifs is 1. The predicted octanol–water partition coefficient (Wildman–Crippen LogP) is 3.27. The number of rotatable bonds is 2. The first kappa shape index (κ1) is 15.7. The molecule has 0 radical (unpaired) electrons. The summed E-state index contributed by atoms with van der Waals surface area (Å²) in [4.78, 5) is 16.3. The summed E-state index contributed by atoms with van der Waals surface area (Å²) >= 11 is 0. The lowest BCUT2D eigenvalue weighted by Gasteiger charge is -2.39. The van der Waals surface area contributed by atoms with Gasteiger partial charge in [-0.25, -0.2) is 9.97 Å². The van der Waals surface area contributed by atoms with Crippen molar-refractivity contribution in [1.29, 1.82) is 0 Å². The maximum Gasteiger partial charge on any atom is 0.162 e. The summed E-state index contributed by atoms with van der Waals surface area (Å²) in [6, 6.07) is 12.3. The normalized spacial score (nSPS) is 19.3. The molecule has 1 aromatic carbocycles. The molecule has 0 atom stereocenters. The van der Waals surface area contributed by atoms with Crippen molar-refractivity contribution < 1.29 is 0 Å². The minimum atomic E-state index is 0.507. The second-order valence-electron chi connectivity index (χ2n) is 7.54.